The van der Waals surface area contributed by atoms with Crippen molar-refractivity contribution in [1.82, 2.24) is 0 Å². The molecular weight excluding hydrogens is 272 g/mol. The third-order valence-electron chi connectivity index (χ3n) is 2.31. The summed E-state index contributed by atoms with van der Waals surface area (Å²) >= 11 is 1.61. The molecule has 1 rings (SSSR count). The Morgan fingerprint density at radius 1 is 1.22 bits per heavy atom. The topological polar surface area (TPSA) is 71.4 Å². The first-order valence-corrected chi connectivity index (χ1v) is 8.42. The van der Waals surface area contributed by atoms with E-state index in [0.29, 0.717) is 5.75 Å². The summed E-state index contributed by atoms with van der Waals surface area (Å²) in [4.78, 5) is 10.8. The molecule has 18 heavy (non-hydrogen) atoms. The molecule has 0 radical (unpaired) electrons. The van der Waals surface area contributed by atoms with Gasteiger partial charge in [0.1, 0.15) is 0 Å². The standard InChI is InChI=1S/C12H16O4S2/c1-2-7-17-8-9-18(15,16)11-5-3-10(4-6-11)12(13)14/h3-6H,2,7-9H2,1H3,(H,13,14). The van der Waals surface area contributed by atoms with E-state index in [-0.39, 0.29) is 16.2 Å². The van der Waals surface area contributed by atoms with Crippen molar-refractivity contribution in [2.45, 2.75) is 18.2 Å². The summed E-state index contributed by atoms with van der Waals surface area (Å²) in [6, 6.07) is 5.33. The van der Waals surface area contributed by atoms with Gasteiger partial charge in [0.15, 0.2) is 9.84 Å². The van der Waals surface area contributed by atoms with Gasteiger partial charge in [-0.05, 0) is 36.4 Å². The Kier molecular flexibility index (Phi) is 5.68. The molecule has 0 saturated heterocycles. The second kappa shape index (κ2) is 6.80. The van der Waals surface area contributed by atoms with E-state index in [4.69, 9.17) is 5.11 Å². The van der Waals surface area contributed by atoms with Crippen LogP contribution in [0.15, 0.2) is 29.2 Å². The van der Waals surface area contributed by atoms with Crippen molar-refractivity contribution in [3.05, 3.63) is 29.8 Å². The van der Waals surface area contributed by atoms with E-state index in [1.54, 1.807) is 11.8 Å². The fourth-order valence-electron chi connectivity index (χ4n) is 1.34. The second-order valence-corrected chi connectivity index (χ2v) is 7.09. The minimum atomic E-state index is -3.30. The van der Waals surface area contributed by atoms with Gasteiger partial charge in [0, 0.05) is 5.75 Å². The van der Waals surface area contributed by atoms with Crippen LogP contribution in [0.3, 0.4) is 0 Å². The number of hydrogen-bond acceptors (Lipinski definition) is 4. The van der Waals surface area contributed by atoms with Crippen molar-refractivity contribution in [3.63, 3.8) is 0 Å². The minimum Gasteiger partial charge on any atom is -0.478 e. The third-order valence-corrected chi connectivity index (χ3v) is 5.49. The Balaban J connectivity index is 2.70. The lowest BCUT2D eigenvalue weighted by molar-refractivity contribution is 0.0697. The summed E-state index contributed by atoms with van der Waals surface area (Å²) in [6.07, 6.45) is 1.03. The van der Waals surface area contributed by atoms with Gasteiger partial charge in [0.2, 0.25) is 0 Å². The van der Waals surface area contributed by atoms with Gasteiger partial charge in [0.25, 0.3) is 0 Å². The number of carbonyl (C=O) groups is 1. The third kappa shape index (κ3) is 4.34. The Labute approximate surface area is 111 Å². The molecule has 0 bridgehead atoms. The van der Waals surface area contributed by atoms with Gasteiger partial charge < -0.3 is 5.11 Å². The van der Waals surface area contributed by atoms with E-state index >= 15 is 0 Å². The predicted octanol–water partition coefficient (Wildman–Crippen LogP) is 2.30. The van der Waals surface area contributed by atoms with Crippen molar-refractivity contribution in [3.8, 4) is 0 Å². The molecule has 100 valence electrons. The van der Waals surface area contributed by atoms with Crippen LogP contribution in [-0.2, 0) is 9.84 Å². The predicted molar refractivity (Wildman–Crippen MR) is 73.1 cm³/mol. The number of sulfone groups is 1. The highest BCUT2D eigenvalue weighted by Crippen LogP contribution is 2.14. The van der Waals surface area contributed by atoms with Gasteiger partial charge in [-0.2, -0.15) is 11.8 Å². The monoisotopic (exact) mass is 288 g/mol. The molecule has 4 nitrogen and oxygen atoms in total. The average molecular weight is 288 g/mol. The van der Waals surface area contributed by atoms with E-state index in [9.17, 15) is 13.2 Å². The molecule has 0 fully saturated rings. The van der Waals surface area contributed by atoms with Crippen LogP contribution in [-0.4, -0.2) is 36.8 Å². The van der Waals surface area contributed by atoms with Gasteiger partial charge in [-0.1, -0.05) is 6.92 Å². The largest absolute Gasteiger partial charge is 0.478 e. The van der Waals surface area contributed by atoms with E-state index in [2.05, 4.69) is 0 Å². The van der Waals surface area contributed by atoms with Crippen molar-refractivity contribution in [2.75, 3.05) is 17.3 Å². The van der Waals surface area contributed by atoms with Crippen molar-refractivity contribution in [1.29, 1.82) is 0 Å². The molecule has 6 heteroatoms. The summed E-state index contributed by atoms with van der Waals surface area (Å²) in [5, 5.41) is 8.73. The number of thioether (sulfide) groups is 1. The highest BCUT2D eigenvalue weighted by atomic mass is 32.2. The zero-order chi connectivity index (χ0) is 13.6. The molecule has 0 aromatic heterocycles. The van der Waals surface area contributed by atoms with E-state index < -0.39 is 15.8 Å². The Morgan fingerprint density at radius 2 is 1.83 bits per heavy atom. The normalized spacial score (nSPS) is 11.4. The maximum Gasteiger partial charge on any atom is 0.335 e. The highest BCUT2D eigenvalue weighted by Gasteiger charge is 2.14. The molecule has 0 unspecified atom stereocenters. The molecule has 1 aromatic rings. The fourth-order valence-corrected chi connectivity index (χ4v) is 3.97. The number of benzene rings is 1. The zero-order valence-corrected chi connectivity index (χ0v) is 11.8. The first kappa shape index (κ1) is 15.0. The summed E-state index contributed by atoms with van der Waals surface area (Å²) in [5.41, 5.74) is 0.0920. The molecule has 0 spiro atoms. The van der Waals surface area contributed by atoms with Crippen LogP contribution in [0.25, 0.3) is 0 Å². The Hall–Kier alpha value is -1.01. The zero-order valence-electron chi connectivity index (χ0n) is 10.1. The highest BCUT2D eigenvalue weighted by molar-refractivity contribution is 8.00. The van der Waals surface area contributed by atoms with Gasteiger partial charge in [-0.3, -0.25) is 0 Å². The van der Waals surface area contributed by atoms with E-state index in [1.807, 2.05) is 6.92 Å². The van der Waals surface area contributed by atoms with E-state index in [0.717, 1.165) is 12.2 Å². The van der Waals surface area contributed by atoms with Crippen molar-refractivity contribution >= 4 is 27.6 Å². The van der Waals surface area contributed by atoms with E-state index in [1.165, 1.54) is 24.3 Å². The van der Waals surface area contributed by atoms with Gasteiger partial charge in [-0.25, -0.2) is 13.2 Å². The Morgan fingerprint density at radius 3 is 2.33 bits per heavy atom. The van der Waals surface area contributed by atoms with Gasteiger partial charge >= 0.3 is 5.97 Å². The van der Waals surface area contributed by atoms with Crippen molar-refractivity contribution in [2.24, 2.45) is 0 Å². The minimum absolute atomic E-state index is 0.0874. The number of rotatable bonds is 7. The Bertz CT molecular complexity index is 491. The molecule has 0 saturated carbocycles. The van der Waals surface area contributed by atoms with Crippen LogP contribution in [0.2, 0.25) is 0 Å². The fraction of sp³-hybridized carbons (Fsp3) is 0.417. The molecule has 0 aliphatic carbocycles. The maximum atomic E-state index is 11.9. The summed E-state index contributed by atoms with van der Waals surface area (Å²) in [7, 11) is -3.30. The van der Waals surface area contributed by atoms with Gasteiger partial charge in [-0.15, -0.1) is 0 Å². The number of carboxylic acids is 1. The second-order valence-electron chi connectivity index (χ2n) is 3.76. The quantitative estimate of drug-likeness (QED) is 0.779. The first-order valence-electron chi connectivity index (χ1n) is 5.61. The molecular formula is C12H16O4S2. The number of carboxylic acid groups (broad SMARTS) is 1. The lowest BCUT2D eigenvalue weighted by Crippen LogP contribution is -2.09. The molecule has 0 heterocycles. The lowest BCUT2D eigenvalue weighted by atomic mass is 10.2. The average Bonchev–Trinajstić information content (AvgIpc) is 2.35. The smallest absolute Gasteiger partial charge is 0.335 e. The first-order chi connectivity index (χ1) is 8.47. The summed E-state index contributed by atoms with van der Waals surface area (Å²) in [5.74, 6) is 0.548. The molecule has 1 aromatic carbocycles. The molecule has 0 atom stereocenters. The van der Waals surface area contributed by atoms with Crippen molar-refractivity contribution < 1.29 is 18.3 Å². The van der Waals surface area contributed by atoms with Crippen LogP contribution in [0, 0.1) is 0 Å². The molecule has 0 amide bonds. The maximum absolute atomic E-state index is 11.9. The molecule has 0 aliphatic rings. The van der Waals surface area contributed by atoms with Crippen LogP contribution >= 0.6 is 11.8 Å². The van der Waals surface area contributed by atoms with Crippen LogP contribution in [0.5, 0.6) is 0 Å². The molecule has 1 N–H and O–H groups in total. The van der Waals surface area contributed by atoms with Crippen LogP contribution in [0.4, 0.5) is 0 Å². The molecule has 0 aliphatic heterocycles. The lowest BCUT2D eigenvalue weighted by Gasteiger charge is -2.04. The SMILES string of the molecule is CCCSCCS(=O)(=O)c1ccc(C(=O)O)cc1. The van der Waals surface area contributed by atoms with Gasteiger partial charge in [0.05, 0.1) is 16.2 Å². The van der Waals surface area contributed by atoms with Crippen LogP contribution in [0.1, 0.15) is 23.7 Å². The summed E-state index contributed by atoms with van der Waals surface area (Å²) < 4.78 is 23.8. The number of aromatic carboxylic acids is 1. The van der Waals surface area contributed by atoms with Crippen LogP contribution < -0.4 is 0 Å². The number of hydrogen-bond donors (Lipinski definition) is 1. The summed E-state index contributed by atoms with van der Waals surface area (Å²) in [6.45, 7) is 2.05.